The number of hydrogen-bond donors (Lipinski definition) is 1. The minimum Gasteiger partial charge on any atom is -0.497 e. The number of nitrogens with zero attached hydrogens (tertiary/aromatic N) is 2. The molecule has 0 saturated carbocycles. The van der Waals surface area contributed by atoms with Gasteiger partial charge in [0.25, 0.3) is 11.8 Å². The number of likely N-dealkylation sites (tertiary alicyclic amines) is 1. The number of amides is 3. The molecule has 13 heteroatoms. The summed E-state index contributed by atoms with van der Waals surface area (Å²) in [5, 5.41) is 10.7. The van der Waals surface area contributed by atoms with Gasteiger partial charge in [0.1, 0.15) is 17.1 Å². The maximum absolute atomic E-state index is 13.5. The van der Waals surface area contributed by atoms with Crippen molar-refractivity contribution in [2.75, 3.05) is 86.8 Å². The normalized spacial score (nSPS) is 16.5. The molecule has 0 aliphatic carbocycles. The van der Waals surface area contributed by atoms with Crippen molar-refractivity contribution in [2.24, 2.45) is 0 Å². The number of hydrogen-bond acceptors (Lipinski definition) is 11. The van der Waals surface area contributed by atoms with Crippen molar-refractivity contribution in [3.05, 3.63) is 131 Å². The second kappa shape index (κ2) is 21.0. The van der Waals surface area contributed by atoms with E-state index in [0.29, 0.717) is 57.2 Å². The van der Waals surface area contributed by atoms with Crippen LogP contribution in [-0.2, 0) is 34.1 Å². The average molecular weight is 797 g/mol. The Balaban J connectivity index is 0.913. The van der Waals surface area contributed by atoms with Gasteiger partial charge in [-0.1, -0.05) is 66.7 Å². The Bertz CT molecular complexity index is 1840. The minimum atomic E-state index is -1.04. The van der Waals surface area contributed by atoms with Crippen LogP contribution in [0.3, 0.4) is 0 Å². The molecule has 6 rings (SSSR count). The molecule has 308 valence electrons. The van der Waals surface area contributed by atoms with Gasteiger partial charge in [-0.15, -0.1) is 0 Å². The van der Waals surface area contributed by atoms with Crippen LogP contribution in [0.25, 0.3) is 0 Å². The zero-order valence-corrected chi connectivity index (χ0v) is 33.1. The number of carbonyl (C=O) groups is 3. The molecule has 0 bridgehead atoms. The molecule has 0 aromatic heterocycles. The first-order valence-corrected chi connectivity index (χ1v) is 19.6. The molecule has 1 fully saturated rings. The van der Waals surface area contributed by atoms with Gasteiger partial charge in [-0.2, -0.15) is 0 Å². The lowest BCUT2D eigenvalue weighted by Crippen LogP contribution is -2.42. The fourth-order valence-corrected chi connectivity index (χ4v) is 7.31. The summed E-state index contributed by atoms with van der Waals surface area (Å²) >= 11 is 0. The fraction of sp³-hybridized carbons (Fsp3) is 0.400. The van der Waals surface area contributed by atoms with Gasteiger partial charge in [0.15, 0.2) is 0 Å². The second-order valence-electron chi connectivity index (χ2n) is 13.9. The average Bonchev–Trinajstić information content (AvgIpc) is 3.76. The van der Waals surface area contributed by atoms with Gasteiger partial charge in [0, 0.05) is 6.54 Å². The highest BCUT2D eigenvalue weighted by molar-refractivity contribution is 6.21. The molecule has 1 N–H and O–H groups in total. The molecule has 1 unspecified atom stereocenters. The van der Waals surface area contributed by atoms with Crippen LogP contribution in [-0.4, -0.2) is 132 Å². The number of aliphatic hydroxyl groups is 1. The van der Waals surface area contributed by atoms with Crippen molar-refractivity contribution < 1.29 is 52.6 Å². The van der Waals surface area contributed by atoms with E-state index in [-0.39, 0.29) is 63.1 Å². The van der Waals surface area contributed by atoms with Crippen molar-refractivity contribution in [3.63, 3.8) is 0 Å². The van der Waals surface area contributed by atoms with Crippen LogP contribution in [0.4, 0.5) is 0 Å². The van der Waals surface area contributed by atoms with Crippen molar-refractivity contribution in [2.45, 2.75) is 30.6 Å². The Kier molecular flexibility index (Phi) is 15.4. The molecule has 2 heterocycles. The first-order chi connectivity index (χ1) is 28.3. The third-order valence-corrected chi connectivity index (χ3v) is 10.3. The van der Waals surface area contributed by atoms with E-state index in [9.17, 15) is 19.5 Å². The van der Waals surface area contributed by atoms with E-state index in [1.807, 2.05) is 78.9 Å². The third kappa shape index (κ3) is 10.3. The zero-order valence-electron chi connectivity index (χ0n) is 33.1. The van der Waals surface area contributed by atoms with Crippen LogP contribution in [0.5, 0.6) is 11.5 Å². The van der Waals surface area contributed by atoms with Crippen LogP contribution in [0.2, 0.25) is 0 Å². The van der Waals surface area contributed by atoms with Crippen molar-refractivity contribution >= 4 is 17.7 Å². The summed E-state index contributed by atoms with van der Waals surface area (Å²) in [4.78, 5) is 41.2. The molecule has 2 aliphatic rings. The highest BCUT2D eigenvalue weighted by atomic mass is 16.6. The Morgan fingerprint density at radius 2 is 1.10 bits per heavy atom. The quantitative estimate of drug-likeness (QED) is 0.0633. The smallest absolute Gasteiger partial charge is 0.261 e. The number of carbonyl (C=O) groups excluding carboxylic acids is 3. The monoisotopic (exact) mass is 796 g/mol. The molecular formula is C45H52N2O11. The van der Waals surface area contributed by atoms with Crippen LogP contribution in [0, 0.1) is 0 Å². The van der Waals surface area contributed by atoms with E-state index in [1.165, 1.54) is 4.90 Å². The molecule has 2 atom stereocenters. The standard InChI is InChI=1S/C45H52N2O11/c1-52-38-16-12-34(13-17-38)45(33-8-4-3-5-9-33,35-14-18-39(53-2)19-15-35)58-32-36-30-37(48)31-47(36)42(49)20-22-54-24-26-56-28-29-57-27-25-55-23-21-46-43(50)40-10-6-7-11-41(40)44(46)51/h3-19,36-37,48H,20-32H2,1-2H3/t36?,37-/m1/s1. The summed E-state index contributed by atoms with van der Waals surface area (Å²) in [7, 11) is 3.26. The topological polar surface area (TPSA) is 143 Å². The summed E-state index contributed by atoms with van der Waals surface area (Å²) < 4.78 is 40.3. The largest absolute Gasteiger partial charge is 0.497 e. The predicted molar refractivity (Wildman–Crippen MR) is 214 cm³/mol. The van der Waals surface area contributed by atoms with Gasteiger partial charge < -0.3 is 43.2 Å². The molecule has 0 radical (unpaired) electrons. The molecule has 2 aliphatic heterocycles. The number of rotatable bonds is 23. The molecule has 1 saturated heterocycles. The van der Waals surface area contributed by atoms with E-state index in [1.54, 1.807) is 43.4 Å². The van der Waals surface area contributed by atoms with Gasteiger partial charge in [-0.05, 0) is 59.5 Å². The van der Waals surface area contributed by atoms with E-state index >= 15 is 0 Å². The van der Waals surface area contributed by atoms with E-state index < -0.39 is 11.7 Å². The Hall–Kier alpha value is -5.15. The Morgan fingerprint density at radius 3 is 1.62 bits per heavy atom. The van der Waals surface area contributed by atoms with Crippen molar-refractivity contribution in [1.29, 1.82) is 0 Å². The van der Waals surface area contributed by atoms with Crippen molar-refractivity contribution in [1.82, 2.24) is 9.80 Å². The van der Waals surface area contributed by atoms with Gasteiger partial charge in [-0.25, -0.2) is 0 Å². The predicted octanol–water partition coefficient (Wildman–Crippen LogP) is 4.73. The highest BCUT2D eigenvalue weighted by Gasteiger charge is 2.41. The number of fused-ring (bicyclic) bond motifs is 1. The number of aliphatic hydroxyl groups excluding tert-OH is 1. The van der Waals surface area contributed by atoms with Crippen molar-refractivity contribution in [3.8, 4) is 11.5 Å². The van der Waals surface area contributed by atoms with Crippen LogP contribution < -0.4 is 9.47 Å². The lowest BCUT2D eigenvalue weighted by atomic mass is 9.80. The molecular weight excluding hydrogens is 744 g/mol. The molecule has 0 spiro atoms. The first-order valence-electron chi connectivity index (χ1n) is 19.6. The van der Waals surface area contributed by atoms with Gasteiger partial charge in [0.2, 0.25) is 5.91 Å². The first kappa shape index (κ1) is 42.5. The lowest BCUT2D eigenvalue weighted by Gasteiger charge is -2.38. The number of β-amino-alcohol motifs (C(OH)–C–C–N with tert-alkyl or cyclic N) is 1. The highest BCUT2D eigenvalue weighted by Crippen LogP contribution is 2.42. The van der Waals surface area contributed by atoms with Gasteiger partial charge in [-0.3, -0.25) is 19.3 Å². The summed E-state index contributed by atoms with van der Waals surface area (Å²) in [5.74, 6) is 0.718. The Morgan fingerprint density at radius 1 is 0.638 bits per heavy atom. The third-order valence-electron chi connectivity index (χ3n) is 10.3. The van der Waals surface area contributed by atoms with Gasteiger partial charge in [0.05, 0.1) is 110 Å². The molecule has 58 heavy (non-hydrogen) atoms. The summed E-state index contributed by atoms with van der Waals surface area (Å²) in [5.41, 5.74) is 2.47. The zero-order chi connectivity index (χ0) is 40.7. The maximum Gasteiger partial charge on any atom is 0.261 e. The Labute approximate surface area is 339 Å². The van der Waals surface area contributed by atoms with Gasteiger partial charge >= 0.3 is 0 Å². The van der Waals surface area contributed by atoms with E-state index in [2.05, 4.69) is 0 Å². The minimum absolute atomic E-state index is 0.121. The van der Waals surface area contributed by atoms with Crippen LogP contribution in [0.1, 0.15) is 50.2 Å². The molecule has 4 aromatic rings. The fourth-order valence-electron chi connectivity index (χ4n) is 7.31. The number of methoxy groups -OCH3 is 2. The van der Waals surface area contributed by atoms with E-state index in [0.717, 1.165) is 28.2 Å². The summed E-state index contributed by atoms with van der Waals surface area (Å²) in [6, 6.07) is 31.9. The van der Waals surface area contributed by atoms with Crippen LogP contribution in [0.15, 0.2) is 103 Å². The number of ether oxygens (including phenoxy) is 7. The molecule has 4 aromatic carbocycles. The van der Waals surface area contributed by atoms with E-state index in [4.69, 9.17) is 33.2 Å². The lowest BCUT2D eigenvalue weighted by molar-refractivity contribution is -0.135. The number of benzene rings is 4. The number of imide groups is 1. The second-order valence-corrected chi connectivity index (χ2v) is 13.9. The van der Waals surface area contributed by atoms with Crippen LogP contribution >= 0.6 is 0 Å². The summed E-state index contributed by atoms with van der Waals surface area (Å²) in [6.07, 6.45) is -0.126. The maximum atomic E-state index is 13.5. The molecule has 3 amide bonds. The molecule has 13 nitrogen and oxygen atoms in total. The summed E-state index contributed by atoms with van der Waals surface area (Å²) in [6.45, 7) is 3.06. The SMILES string of the molecule is COc1ccc(C(OCC2C[C@@H](O)CN2C(=O)CCOCCOCCOCCOCCN2C(=O)c3ccccc3C2=O)(c2ccccc2)c2ccc(OC)cc2)cc1.